The Morgan fingerprint density at radius 2 is 1.87 bits per heavy atom. The zero-order chi connectivity index (χ0) is 28.4. The van der Waals surface area contributed by atoms with Crippen molar-refractivity contribution in [2.45, 2.75) is 57.9 Å². The van der Waals surface area contributed by atoms with E-state index in [9.17, 15) is 8.42 Å². The lowest BCUT2D eigenvalue weighted by molar-refractivity contribution is 0.399. The van der Waals surface area contributed by atoms with Crippen molar-refractivity contribution in [1.29, 1.82) is 0 Å². The highest BCUT2D eigenvalue weighted by molar-refractivity contribution is 7.92. The van der Waals surface area contributed by atoms with Crippen molar-refractivity contribution in [1.82, 2.24) is 19.5 Å². The van der Waals surface area contributed by atoms with Crippen LogP contribution in [0.1, 0.15) is 51.6 Å². The van der Waals surface area contributed by atoms with Crippen LogP contribution in [0.4, 0.5) is 10.1 Å². The van der Waals surface area contributed by atoms with Crippen molar-refractivity contribution in [3.63, 3.8) is 0 Å². The molecule has 0 aliphatic carbocycles. The normalized spacial score (nSPS) is 12.1. The molecule has 0 fully saturated rings. The highest BCUT2D eigenvalue weighted by Gasteiger charge is 2.24. The molecule has 2 aromatic heterocycles. The number of ether oxygens (including phenoxy) is 1. The lowest BCUT2D eigenvalue weighted by atomic mass is 9.95. The first kappa shape index (κ1) is 28.2. The summed E-state index contributed by atoms with van der Waals surface area (Å²) in [6.45, 7) is 10.7. The smallest absolute Gasteiger partial charge is 0.262 e. The number of nitrogens with one attached hydrogen (secondary N) is 1. The number of imidazole rings is 1. The van der Waals surface area contributed by atoms with Gasteiger partial charge < -0.3 is 9.30 Å². The van der Waals surface area contributed by atoms with Crippen LogP contribution >= 0.6 is 0 Å². The minimum atomic E-state index is -4.10. The maximum absolute atomic E-state index is 15.5. The highest BCUT2D eigenvalue weighted by Crippen LogP contribution is 2.33. The summed E-state index contributed by atoms with van der Waals surface area (Å²) in [6.07, 6.45) is 6.89. The number of halogens is 1. The summed E-state index contributed by atoms with van der Waals surface area (Å²) in [5, 5.41) is 0. The van der Waals surface area contributed by atoms with E-state index in [0.717, 1.165) is 17.8 Å². The Kier molecular flexibility index (Phi) is 8.06. The van der Waals surface area contributed by atoms with Crippen LogP contribution in [0.2, 0.25) is 0 Å². The van der Waals surface area contributed by atoms with Crippen LogP contribution in [-0.2, 0) is 28.4 Å². The highest BCUT2D eigenvalue weighted by atomic mass is 32.2. The van der Waals surface area contributed by atoms with Crippen LogP contribution < -0.4 is 9.46 Å². The van der Waals surface area contributed by atoms with Gasteiger partial charge >= 0.3 is 0 Å². The van der Waals surface area contributed by atoms with Crippen LogP contribution in [0.3, 0.4) is 0 Å². The molecule has 2 aromatic carbocycles. The van der Waals surface area contributed by atoms with Gasteiger partial charge in [-0.3, -0.25) is 4.72 Å². The Balaban J connectivity index is 1.76. The van der Waals surface area contributed by atoms with E-state index in [1.807, 2.05) is 16.8 Å². The summed E-state index contributed by atoms with van der Waals surface area (Å²) >= 11 is 0. The molecule has 8 nitrogen and oxygen atoms in total. The summed E-state index contributed by atoms with van der Waals surface area (Å²) in [4.78, 5) is 12.3. The first-order chi connectivity index (χ1) is 18.4. The second kappa shape index (κ2) is 11.1. The number of benzene rings is 2. The Bertz CT molecular complexity index is 1580. The molecule has 2 heterocycles. The third kappa shape index (κ3) is 6.44. The van der Waals surface area contributed by atoms with E-state index in [1.54, 1.807) is 30.5 Å². The van der Waals surface area contributed by atoms with Crippen molar-refractivity contribution in [2.75, 3.05) is 11.8 Å². The van der Waals surface area contributed by atoms with Crippen LogP contribution in [0, 0.1) is 11.7 Å². The molecule has 4 rings (SSSR count). The molecule has 0 saturated heterocycles. The largest absolute Gasteiger partial charge is 0.479 e. The molecule has 0 aliphatic rings. The zero-order valence-corrected chi connectivity index (χ0v) is 23.9. The molecule has 206 valence electrons. The molecule has 0 aliphatic heterocycles. The molecule has 1 N–H and O–H groups in total. The van der Waals surface area contributed by atoms with E-state index in [4.69, 9.17) is 4.74 Å². The quantitative estimate of drug-likeness (QED) is 0.281. The molecule has 0 radical (unpaired) electrons. The fraction of sp³-hybridized carbons (Fsp3) is 0.345. The van der Waals surface area contributed by atoms with Crippen molar-refractivity contribution < 1.29 is 17.5 Å². The third-order valence-electron chi connectivity index (χ3n) is 6.18. The maximum atomic E-state index is 15.5. The molecule has 10 heteroatoms. The first-order valence-corrected chi connectivity index (χ1v) is 14.2. The van der Waals surface area contributed by atoms with Crippen LogP contribution in [0.15, 0.2) is 66.2 Å². The minimum absolute atomic E-state index is 0.0118. The van der Waals surface area contributed by atoms with Crippen LogP contribution in [0.25, 0.3) is 11.1 Å². The molecule has 0 unspecified atom stereocenters. The Morgan fingerprint density at radius 3 is 2.54 bits per heavy atom. The van der Waals surface area contributed by atoms with E-state index in [1.165, 1.54) is 25.7 Å². The van der Waals surface area contributed by atoms with Gasteiger partial charge in [0.05, 0.1) is 24.7 Å². The molecule has 39 heavy (non-hydrogen) atoms. The third-order valence-corrected chi connectivity index (χ3v) is 7.61. The number of aromatic nitrogens is 4. The second-order valence-corrected chi connectivity index (χ2v) is 12.6. The lowest BCUT2D eigenvalue weighted by Crippen LogP contribution is -2.19. The van der Waals surface area contributed by atoms with Gasteiger partial charge in [0.2, 0.25) is 5.88 Å². The average molecular weight is 552 g/mol. The second-order valence-electron chi connectivity index (χ2n) is 10.9. The number of anilines is 1. The van der Waals surface area contributed by atoms with Crippen molar-refractivity contribution in [2.24, 2.45) is 5.92 Å². The Hall–Kier alpha value is -3.79. The maximum Gasteiger partial charge on any atom is 0.262 e. The van der Waals surface area contributed by atoms with Gasteiger partial charge in [-0.2, -0.15) is 4.98 Å². The van der Waals surface area contributed by atoms with Gasteiger partial charge in [0.25, 0.3) is 10.0 Å². The Morgan fingerprint density at radius 1 is 1.10 bits per heavy atom. The molecule has 0 amide bonds. The van der Waals surface area contributed by atoms with Crippen molar-refractivity contribution in [3.8, 4) is 17.0 Å². The fourth-order valence-corrected chi connectivity index (χ4v) is 5.75. The van der Waals surface area contributed by atoms with Crippen LogP contribution in [-0.4, -0.2) is 35.0 Å². The van der Waals surface area contributed by atoms with Crippen LogP contribution in [0.5, 0.6) is 5.88 Å². The number of hydrogen-bond donors (Lipinski definition) is 1. The van der Waals surface area contributed by atoms with Crippen molar-refractivity contribution >= 4 is 15.7 Å². The number of sulfonamides is 1. The molecule has 0 saturated carbocycles. The molecule has 0 bridgehead atoms. The molecule has 4 aromatic rings. The Labute approximate surface area is 229 Å². The summed E-state index contributed by atoms with van der Waals surface area (Å²) < 4.78 is 52.3. The topological polar surface area (TPSA) is 99.0 Å². The minimum Gasteiger partial charge on any atom is -0.479 e. The monoisotopic (exact) mass is 551 g/mol. The molecule has 0 spiro atoms. The predicted octanol–water partition coefficient (Wildman–Crippen LogP) is 5.83. The first-order valence-electron chi connectivity index (χ1n) is 12.7. The van der Waals surface area contributed by atoms with E-state index in [0.29, 0.717) is 29.2 Å². The van der Waals surface area contributed by atoms with E-state index in [2.05, 4.69) is 54.3 Å². The SMILES string of the molecule is COc1ncncc1NS(=O)(=O)c1ccc(CC(C)C)cc1-c1ccc(Cn2ccnc2C(C)(C)C)c(F)c1. The molecule has 0 atom stereocenters. The van der Waals surface area contributed by atoms with Gasteiger partial charge in [0, 0.05) is 28.9 Å². The number of hydrogen-bond acceptors (Lipinski definition) is 6. The average Bonchev–Trinajstić information content (AvgIpc) is 3.34. The standard InChI is InChI=1S/C29H34FN5O3S/c1-19(2)13-20-7-10-26(39(36,37)34-25-16-31-18-33-27(25)38-6)23(14-20)21-8-9-22(24(30)15-21)17-35-12-11-32-28(35)29(3,4)5/h7-12,14-16,18-19,34H,13,17H2,1-6H3. The van der Waals surface area contributed by atoms with E-state index < -0.39 is 15.8 Å². The number of nitrogens with zero attached hydrogens (tertiary/aromatic N) is 4. The predicted molar refractivity (Wildman–Crippen MR) is 150 cm³/mol. The molecular formula is C29H34FN5O3S. The number of methoxy groups -OCH3 is 1. The van der Waals surface area contributed by atoms with Gasteiger partial charge in [-0.15, -0.1) is 0 Å². The summed E-state index contributed by atoms with van der Waals surface area (Å²) in [5.74, 6) is 0.878. The molecular weight excluding hydrogens is 517 g/mol. The van der Waals surface area contributed by atoms with Gasteiger partial charge in [0.15, 0.2) is 0 Å². The summed E-state index contributed by atoms with van der Waals surface area (Å²) in [7, 11) is -2.71. The fourth-order valence-electron chi connectivity index (χ4n) is 4.49. The van der Waals surface area contributed by atoms with Gasteiger partial charge in [-0.1, -0.05) is 52.8 Å². The lowest BCUT2D eigenvalue weighted by Gasteiger charge is -2.20. The van der Waals surface area contributed by atoms with Gasteiger partial charge in [0.1, 0.15) is 23.7 Å². The van der Waals surface area contributed by atoms with Gasteiger partial charge in [-0.05, 0) is 41.7 Å². The summed E-state index contributed by atoms with van der Waals surface area (Å²) in [5.41, 5.74) is 2.21. The van der Waals surface area contributed by atoms with Crippen molar-refractivity contribution in [3.05, 3.63) is 84.1 Å². The van der Waals surface area contributed by atoms with E-state index >= 15 is 4.39 Å². The summed E-state index contributed by atoms with van der Waals surface area (Å²) in [6, 6.07) is 10.0. The zero-order valence-electron chi connectivity index (χ0n) is 23.1. The van der Waals surface area contributed by atoms with Gasteiger partial charge in [-0.25, -0.2) is 22.8 Å². The van der Waals surface area contributed by atoms with E-state index in [-0.39, 0.29) is 21.9 Å². The number of rotatable bonds is 9.